The fourth-order valence-electron chi connectivity index (χ4n) is 4.30. The van der Waals surface area contributed by atoms with Crippen molar-refractivity contribution in [2.24, 2.45) is 11.8 Å². The molecule has 0 spiro atoms. The van der Waals surface area contributed by atoms with Gasteiger partial charge in [0.1, 0.15) is 11.6 Å². The molecule has 1 amide bonds. The number of nitrogens with zero attached hydrogens (tertiary/aromatic N) is 2. The van der Waals surface area contributed by atoms with Gasteiger partial charge in [-0.2, -0.15) is 18.4 Å². The number of methoxy groups -OCH3 is 1. The van der Waals surface area contributed by atoms with E-state index in [1.54, 1.807) is 19.1 Å². The van der Waals surface area contributed by atoms with Gasteiger partial charge in [0.05, 0.1) is 41.8 Å². The number of anilines is 1. The van der Waals surface area contributed by atoms with Gasteiger partial charge in [-0.05, 0) is 62.8 Å². The molecular formula is C25H27F3N4O4. The van der Waals surface area contributed by atoms with Crippen LogP contribution in [-0.4, -0.2) is 35.6 Å². The van der Waals surface area contributed by atoms with Gasteiger partial charge in [0.15, 0.2) is 0 Å². The van der Waals surface area contributed by atoms with Crippen LogP contribution in [0, 0.1) is 23.2 Å². The highest BCUT2D eigenvalue weighted by molar-refractivity contribution is 5.94. The van der Waals surface area contributed by atoms with E-state index < -0.39 is 35.5 Å². The molecule has 1 atom stereocenters. The van der Waals surface area contributed by atoms with Crippen LogP contribution in [0.1, 0.15) is 65.7 Å². The molecule has 3 N–H and O–H groups in total. The monoisotopic (exact) mass is 504 g/mol. The molecule has 2 aromatic rings. The predicted octanol–water partition coefficient (Wildman–Crippen LogP) is 4.77. The molecule has 36 heavy (non-hydrogen) atoms. The summed E-state index contributed by atoms with van der Waals surface area (Å²) < 4.78 is 46.9. The zero-order valence-electron chi connectivity index (χ0n) is 19.9. The lowest BCUT2D eigenvalue weighted by Crippen LogP contribution is -2.32. The van der Waals surface area contributed by atoms with E-state index in [1.807, 2.05) is 6.07 Å². The van der Waals surface area contributed by atoms with Crippen molar-refractivity contribution in [1.82, 2.24) is 10.3 Å². The Morgan fingerprint density at radius 1 is 1.25 bits per heavy atom. The average Bonchev–Trinajstić information content (AvgIpc) is 2.86. The Kier molecular flexibility index (Phi) is 8.40. The number of nitriles is 1. The number of hydrogen-bond acceptors (Lipinski definition) is 6. The van der Waals surface area contributed by atoms with Gasteiger partial charge in [0.25, 0.3) is 5.91 Å². The number of carbonyl (C=O) groups excluding carboxylic acids is 1. The largest absolute Gasteiger partial charge is 0.496 e. The third-order valence-electron chi connectivity index (χ3n) is 6.38. The van der Waals surface area contributed by atoms with Crippen LogP contribution in [0.5, 0.6) is 5.75 Å². The number of ether oxygens (including phenoxy) is 1. The van der Waals surface area contributed by atoms with Crippen molar-refractivity contribution in [2.45, 2.75) is 44.8 Å². The third-order valence-corrected chi connectivity index (χ3v) is 6.38. The second kappa shape index (κ2) is 11.3. The van der Waals surface area contributed by atoms with Crippen molar-refractivity contribution in [1.29, 1.82) is 5.26 Å². The number of rotatable bonds is 8. The van der Waals surface area contributed by atoms with Gasteiger partial charge in [0.2, 0.25) is 0 Å². The lowest BCUT2D eigenvalue weighted by Gasteiger charge is -2.26. The van der Waals surface area contributed by atoms with Crippen LogP contribution in [0.15, 0.2) is 30.5 Å². The minimum absolute atomic E-state index is 0.0699. The Labute approximate surface area is 206 Å². The summed E-state index contributed by atoms with van der Waals surface area (Å²) in [7, 11) is 1.42. The van der Waals surface area contributed by atoms with Gasteiger partial charge in [0, 0.05) is 18.3 Å². The topological polar surface area (TPSA) is 124 Å². The van der Waals surface area contributed by atoms with E-state index in [-0.39, 0.29) is 23.9 Å². The van der Waals surface area contributed by atoms with Crippen molar-refractivity contribution >= 4 is 17.7 Å². The Bertz CT molecular complexity index is 1150. The SMILES string of the molecule is COc1ccc(C#N)cc1C(C)Nc1ncc(C(=O)NCC2CCC(C(=O)O)CC2)cc1C(F)(F)F. The van der Waals surface area contributed by atoms with E-state index in [0.29, 0.717) is 42.6 Å². The number of carboxylic acids is 1. The van der Waals surface area contributed by atoms with E-state index >= 15 is 0 Å². The normalized spacial score (nSPS) is 18.6. The Hall–Kier alpha value is -3.81. The number of carboxylic acid groups (broad SMARTS) is 1. The number of amides is 1. The first kappa shape index (κ1) is 26.8. The molecular weight excluding hydrogens is 477 g/mol. The van der Waals surface area contributed by atoms with Crippen LogP contribution in [0.2, 0.25) is 0 Å². The molecule has 1 aromatic heterocycles. The van der Waals surface area contributed by atoms with Gasteiger partial charge in [-0.15, -0.1) is 0 Å². The quantitative estimate of drug-likeness (QED) is 0.473. The van der Waals surface area contributed by atoms with E-state index in [4.69, 9.17) is 15.1 Å². The Morgan fingerprint density at radius 3 is 2.53 bits per heavy atom. The number of carbonyl (C=O) groups is 2. The van der Waals surface area contributed by atoms with Crippen LogP contribution < -0.4 is 15.4 Å². The highest BCUT2D eigenvalue weighted by Gasteiger charge is 2.36. The maximum Gasteiger partial charge on any atom is 0.419 e. The van der Waals surface area contributed by atoms with Crippen LogP contribution in [0.4, 0.5) is 19.0 Å². The number of nitrogens with one attached hydrogen (secondary N) is 2. The zero-order chi connectivity index (χ0) is 26.5. The van der Waals surface area contributed by atoms with Crippen molar-refractivity contribution in [3.63, 3.8) is 0 Å². The van der Waals surface area contributed by atoms with Crippen LogP contribution in [-0.2, 0) is 11.0 Å². The van der Waals surface area contributed by atoms with Gasteiger partial charge >= 0.3 is 12.1 Å². The molecule has 3 rings (SSSR count). The first-order valence-electron chi connectivity index (χ1n) is 11.5. The molecule has 8 nitrogen and oxygen atoms in total. The van der Waals surface area contributed by atoms with Gasteiger partial charge in [-0.25, -0.2) is 4.98 Å². The fourth-order valence-corrected chi connectivity index (χ4v) is 4.30. The van der Waals surface area contributed by atoms with Gasteiger partial charge in [-0.1, -0.05) is 0 Å². The second-order valence-electron chi connectivity index (χ2n) is 8.82. The standard InChI is InChI=1S/C25H27F3N4O4/c1-14(19-9-16(11-29)5-8-21(19)36-2)32-22-20(25(26,27)28)10-18(13-30-22)23(33)31-12-15-3-6-17(7-4-15)24(34)35/h5,8-10,13-15,17H,3-4,6-7,12H2,1-2H3,(H,30,32)(H,31,33)(H,34,35). The number of aromatic nitrogens is 1. The molecule has 0 bridgehead atoms. The molecule has 1 aliphatic rings. The number of hydrogen-bond donors (Lipinski definition) is 3. The number of halogens is 3. The lowest BCUT2D eigenvalue weighted by molar-refractivity contribution is -0.143. The van der Waals surface area contributed by atoms with Crippen molar-refractivity contribution in [2.75, 3.05) is 19.0 Å². The van der Waals surface area contributed by atoms with E-state index in [1.165, 1.54) is 13.2 Å². The lowest BCUT2D eigenvalue weighted by atomic mass is 9.82. The summed E-state index contributed by atoms with van der Waals surface area (Å²) in [4.78, 5) is 27.5. The minimum Gasteiger partial charge on any atom is -0.496 e. The average molecular weight is 505 g/mol. The molecule has 1 heterocycles. The maximum atomic E-state index is 13.9. The fraction of sp³-hybridized carbons (Fsp3) is 0.440. The summed E-state index contributed by atoms with van der Waals surface area (Å²) in [5.41, 5.74) is -0.527. The first-order valence-corrected chi connectivity index (χ1v) is 11.5. The number of alkyl halides is 3. The summed E-state index contributed by atoms with van der Waals surface area (Å²) in [6.45, 7) is 1.86. The number of pyridine rings is 1. The molecule has 1 fully saturated rings. The molecule has 0 saturated heterocycles. The van der Waals surface area contributed by atoms with Gasteiger partial charge < -0.3 is 20.5 Å². The Morgan fingerprint density at radius 2 is 1.94 bits per heavy atom. The minimum atomic E-state index is -4.78. The summed E-state index contributed by atoms with van der Waals surface area (Å²) in [5, 5.41) is 23.6. The van der Waals surface area contributed by atoms with Crippen molar-refractivity contribution < 1.29 is 32.6 Å². The zero-order valence-corrected chi connectivity index (χ0v) is 19.9. The summed E-state index contributed by atoms with van der Waals surface area (Å²) in [6.07, 6.45) is -1.43. The summed E-state index contributed by atoms with van der Waals surface area (Å²) in [6, 6.07) is 6.67. The number of aliphatic carboxylic acids is 1. The molecule has 0 radical (unpaired) electrons. The van der Waals surface area contributed by atoms with E-state index in [9.17, 15) is 22.8 Å². The van der Waals surface area contributed by atoms with Crippen LogP contribution in [0.25, 0.3) is 0 Å². The van der Waals surface area contributed by atoms with E-state index in [2.05, 4.69) is 15.6 Å². The van der Waals surface area contributed by atoms with E-state index in [0.717, 1.165) is 12.3 Å². The smallest absolute Gasteiger partial charge is 0.419 e. The first-order chi connectivity index (χ1) is 17.0. The van der Waals surface area contributed by atoms with Crippen molar-refractivity contribution in [3.8, 4) is 11.8 Å². The summed E-state index contributed by atoms with van der Waals surface area (Å²) >= 11 is 0. The predicted molar refractivity (Wildman–Crippen MR) is 124 cm³/mol. The second-order valence-corrected chi connectivity index (χ2v) is 8.82. The molecule has 1 saturated carbocycles. The van der Waals surface area contributed by atoms with Gasteiger partial charge in [-0.3, -0.25) is 9.59 Å². The Balaban J connectivity index is 1.74. The van der Waals surface area contributed by atoms with Crippen LogP contribution >= 0.6 is 0 Å². The highest BCUT2D eigenvalue weighted by Crippen LogP contribution is 2.37. The van der Waals surface area contributed by atoms with Crippen molar-refractivity contribution in [3.05, 3.63) is 52.7 Å². The molecule has 0 aliphatic heterocycles. The summed E-state index contributed by atoms with van der Waals surface area (Å²) in [5.74, 6) is -1.89. The maximum absolute atomic E-state index is 13.9. The molecule has 1 aromatic carbocycles. The highest BCUT2D eigenvalue weighted by atomic mass is 19.4. The molecule has 1 aliphatic carbocycles. The molecule has 11 heteroatoms. The molecule has 1 unspecified atom stereocenters. The third kappa shape index (κ3) is 6.44. The molecule has 192 valence electrons. The van der Waals surface area contributed by atoms with Crippen LogP contribution in [0.3, 0.4) is 0 Å². The number of benzene rings is 1.